The van der Waals surface area contributed by atoms with Gasteiger partial charge in [-0.1, -0.05) is 0 Å². The highest BCUT2D eigenvalue weighted by molar-refractivity contribution is 5.80. The molecule has 1 aliphatic heterocycles. The molecule has 0 aromatic carbocycles. The van der Waals surface area contributed by atoms with Gasteiger partial charge in [-0.3, -0.25) is 4.79 Å². The van der Waals surface area contributed by atoms with Crippen molar-refractivity contribution in [3.05, 3.63) is 0 Å². The van der Waals surface area contributed by atoms with Gasteiger partial charge in [0.05, 0.1) is 5.92 Å². The molecule has 1 rings (SSSR count). The van der Waals surface area contributed by atoms with Crippen LogP contribution in [0.15, 0.2) is 0 Å². The molecule has 0 radical (unpaired) electrons. The van der Waals surface area contributed by atoms with E-state index in [1.165, 1.54) is 0 Å². The molecule has 116 valence electrons. The Morgan fingerprint density at radius 3 is 2.35 bits per heavy atom. The second-order valence-corrected chi connectivity index (χ2v) is 6.28. The lowest BCUT2D eigenvalue weighted by Gasteiger charge is -2.35. The zero-order valence-corrected chi connectivity index (χ0v) is 13.4. The second kappa shape index (κ2) is 6.95. The van der Waals surface area contributed by atoms with Crippen molar-refractivity contribution in [3.8, 4) is 0 Å². The lowest BCUT2D eigenvalue weighted by atomic mass is 9.96. The van der Waals surface area contributed by atoms with Crippen LogP contribution in [0, 0.1) is 5.92 Å². The van der Waals surface area contributed by atoms with Crippen LogP contribution in [0.25, 0.3) is 0 Å². The first kappa shape index (κ1) is 16.8. The van der Waals surface area contributed by atoms with Crippen molar-refractivity contribution >= 4 is 12.0 Å². The number of hydrogen-bond acceptors (Lipinski definition) is 3. The van der Waals surface area contributed by atoms with Crippen LogP contribution in [0.3, 0.4) is 0 Å². The highest BCUT2D eigenvalue weighted by Gasteiger charge is 2.32. The fourth-order valence-corrected chi connectivity index (χ4v) is 2.46. The number of piperidine rings is 1. The van der Waals surface area contributed by atoms with Crippen molar-refractivity contribution < 1.29 is 14.3 Å². The molecular formula is C15H28N2O3. The number of carbonyl (C=O) groups is 2. The van der Waals surface area contributed by atoms with Gasteiger partial charge in [0, 0.05) is 26.2 Å². The number of rotatable bonds is 3. The van der Waals surface area contributed by atoms with Gasteiger partial charge in [0.25, 0.3) is 0 Å². The van der Waals surface area contributed by atoms with Gasteiger partial charge in [0.2, 0.25) is 5.91 Å². The zero-order valence-electron chi connectivity index (χ0n) is 13.4. The predicted molar refractivity (Wildman–Crippen MR) is 78.5 cm³/mol. The molecular weight excluding hydrogens is 256 g/mol. The molecule has 5 heteroatoms. The Morgan fingerprint density at radius 1 is 1.25 bits per heavy atom. The van der Waals surface area contributed by atoms with Crippen LogP contribution in [0.2, 0.25) is 0 Å². The Balaban J connectivity index is 2.62. The highest BCUT2D eigenvalue weighted by Crippen LogP contribution is 2.21. The lowest BCUT2D eigenvalue weighted by Crippen LogP contribution is -2.48. The van der Waals surface area contributed by atoms with Gasteiger partial charge in [-0.15, -0.1) is 0 Å². The van der Waals surface area contributed by atoms with Gasteiger partial charge in [-0.2, -0.15) is 0 Å². The summed E-state index contributed by atoms with van der Waals surface area (Å²) < 4.78 is 5.38. The van der Waals surface area contributed by atoms with Crippen molar-refractivity contribution in [2.24, 2.45) is 5.92 Å². The van der Waals surface area contributed by atoms with Gasteiger partial charge < -0.3 is 14.5 Å². The molecule has 0 aliphatic carbocycles. The number of amides is 2. The summed E-state index contributed by atoms with van der Waals surface area (Å²) in [7, 11) is 0. The third kappa shape index (κ3) is 4.69. The Morgan fingerprint density at radius 2 is 1.85 bits per heavy atom. The van der Waals surface area contributed by atoms with Crippen LogP contribution in [0.5, 0.6) is 0 Å². The van der Waals surface area contributed by atoms with Gasteiger partial charge in [0.15, 0.2) is 0 Å². The van der Waals surface area contributed by atoms with Crippen molar-refractivity contribution in [2.45, 2.75) is 53.1 Å². The summed E-state index contributed by atoms with van der Waals surface area (Å²) in [6.07, 6.45) is 1.40. The van der Waals surface area contributed by atoms with Gasteiger partial charge in [-0.05, 0) is 47.5 Å². The molecule has 1 unspecified atom stereocenters. The smallest absolute Gasteiger partial charge is 0.410 e. The number of hydrogen-bond donors (Lipinski definition) is 0. The molecule has 0 aromatic heterocycles. The average Bonchev–Trinajstić information content (AvgIpc) is 2.38. The molecule has 1 heterocycles. The van der Waals surface area contributed by atoms with E-state index in [4.69, 9.17) is 4.74 Å². The molecule has 0 aromatic rings. The summed E-state index contributed by atoms with van der Waals surface area (Å²) in [6, 6.07) is 0. The van der Waals surface area contributed by atoms with Crippen molar-refractivity contribution in [1.29, 1.82) is 0 Å². The van der Waals surface area contributed by atoms with E-state index >= 15 is 0 Å². The van der Waals surface area contributed by atoms with Crippen LogP contribution in [-0.4, -0.2) is 53.6 Å². The minimum Gasteiger partial charge on any atom is -0.444 e. The molecule has 0 bridgehead atoms. The van der Waals surface area contributed by atoms with E-state index in [1.807, 2.05) is 39.5 Å². The van der Waals surface area contributed by atoms with Crippen LogP contribution < -0.4 is 0 Å². The largest absolute Gasteiger partial charge is 0.444 e. The molecule has 1 atom stereocenters. The SMILES string of the molecule is CCN(CC)C(=O)C1CCCN(C(=O)OC(C)(C)C)C1. The quantitative estimate of drug-likeness (QED) is 0.800. The van der Waals surface area contributed by atoms with Crippen LogP contribution >= 0.6 is 0 Å². The molecule has 1 aliphatic rings. The van der Waals surface area contributed by atoms with E-state index in [0.29, 0.717) is 13.1 Å². The fourth-order valence-electron chi connectivity index (χ4n) is 2.46. The van der Waals surface area contributed by atoms with E-state index in [2.05, 4.69) is 0 Å². The first-order valence-electron chi connectivity index (χ1n) is 7.55. The van der Waals surface area contributed by atoms with E-state index in [1.54, 1.807) is 4.90 Å². The van der Waals surface area contributed by atoms with E-state index in [0.717, 1.165) is 25.9 Å². The fraction of sp³-hybridized carbons (Fsp3) is 0.867. The minimum atomic E-state index is -0.493. The van der Waals surface area contributed by atoms with Crippen LogP contribution in [0.1, 0.15) is 47.5 Å². The second-order valence-electron chi connectivity index (χ2n) is 6.28. The topological polar surface area (TPSA) is 49.9 Å². The van der Waals surface area contributed by atoms with Crippen LogP contribution in [0.4, 0.5) is 4.79 Å². The average molecular weight is 284 g/mol. The maximum Gasteiger partial charge on any atom is 0.410 e. The number of likely N-dealkylation sites (tertiary alicyclic amines) is 1. The summed E-state index contributed by atoms with van der Waals surface area (Å²) in [5.41, 5.74) is -0.493. The van der Waals surface area contributed by atoms with Gasteiger partial charge in [0.1, 0.15) is 5.60 Å². The number of nitrogens with zero attached hydrogens (tertiary/aromatic N) is 2. The maximum absolute atomic E-state index is 12.4. The number of carbonyl (C=O) groups excluding carboxylic acids is 2. The zero-order chi connectivity index (χ0) is 15.3. The maximum atomic E-state index is 12.4. The molecule has 5 nitrogen and oxygen atoms in total. The highest BCUT2D eigenvalue weighted by atomic mass is 16.6. The third-order valence-corrected chi connectivity index (χ3v) is 3.50. The summed E-state index contributed by atoms with van der Waals surface area (Å²) in [5, 5.41) is 0. The van der Waals surface area contributed by atoms with E-state index in [9.17, 15) is 9.59 Å². The molecule has 1 fully saturated rings. The molecule has 0 saturated carbocycles. The standard InChI is InChI=1S/C15H28N2O3/c1-6-16(7-2)13(18)12-9-8-10-17(11-12)14(19)20-15(3,4)5/h12H,6-11H2,1-5H3. The lowest BCUT2D eigenvalue weighted by molar-refractivity contribution is -0.136. The monoisotopic (exact) mass is 284 g/mol. The Kier molecular flexibility index (Phi) is 5.84. The Bertz CT molecular complexity index is 346. The van der Waals surface area contributed by atoms with Crippen molar-refractivity contribution in [1.82, 2.24) is 9.80 Å². The van der Waals surface area contributed by atoms with E-state index in [-0.39, 0.29) is 17.9 Å². The minimum absolute atomic E-state index is 0.0869. The molecule has 0 spiro atoms. The van der Waals surface area contributed by atoms with Crippen LogP contribution in [-0.2, 0) is 9.53 Å². The number of ether oxygens (including phenoxy) is 1. The third-order valence-electron chi connectivity index (χ3n) is 3.50. The van der Waals surface area contributed by atoms with Crippen molar-refractivity contribution in [2.75, 3.05) is 26.2 Å². The van der Waals surface area contributed by atoms with Crippen molar-refractivity contribution in [3.63, 3.8) is 0 Å². The molecule has 0 N–H and O–H groups in total. The summed E-state index contributed by atoms with van der Waals surface area (Å²) in [4.78, 5) is 27.9. The molecule has 1 saturated heterocycles. The Labute approximate surface area is 122 Å². The summed E-state index contributed by atoms with van der Waals surface area (Å²) >= 11 is 0. The first-order valence-corrected chi connectivity index (χ1v) is 7.55. The van der Waals surface area contributed by atoms with E-state index < -0.39 is 5.60 Å². The molecule has 2 amide bonds. The molecule has 20 heavy (non-hydrogen) atoms. The van der Waals surface area contributed by atoms with Gasteiger partial charge in [-0.25, -0.2) is 4.79 Å². The van der Waals surface area contributed by atoms with Gasteiger partial charge >= 0.3 is 6.09 Å². The normalized spacial score (nSPS) is 19.6. The Hall–Kier alpha value is -1.26. The summed E-state index contributed by atoms with van der Waals surface area (Å²) in [6.45, 7) is 12.1. The summed E-state index contributed by atoms with van der Waals surface area (Å²) in [5.74, 6) is 0.0689. The first-order chi connectivity index (χ1) is 9.28. The predicted octanol–water partition coefficient (Wildman–Crippen LogP) is 2.50.